The van der Waals surface area contributed by atoms with Gasteiger partial charge < -0.3 is 0 Å². The summed E-state index contributed by atoms with van der Waals surface area (Å²) in [6.07, 6.45) is 2.32. The van der Waals surface area contributed by atoms with Crippen LogP contribution in [-0.4, -0.2) is 11.7 Å². The molecule has 1 aliphatic carbocycles. The van der Waals surface area contributed by atoms with E-state index < -0.39 is 11.3 Å². The maximum absolute atomic E-state index is 12.8. The lowest BCUT2D eigenvalue weighted by Crippen LogP contribution is -2.24. The molecule has 0 fully saturated rings. The third-order valence-electron chi connectivity index (χ3n) is 1.87. The quantitative estimate of drug-likeness (QED) is 0.568. The third kappa shape index (κ3) is 2.23. The van der Waals surface area contributed by atoms with Crippen LogP contribution in [0.1, 0.15) is 20.8 Å². The van der Waals surface area contributed by atoms with E-state index in [1.807, 2.05) is 0 Å². The second kappa shape index (κ2) is 2.76. The van der Waals surface area contributed by atoms with Crippen molar-refractivity contribution in [3.8, 4) is 0 Å². The zero-order valence-electron chi connectivity index (χ0n) is 7.90. The highest BCUT2D eigenvalue weighted by Crippen LogP contribution is 2.33. The Morgan fingerprint density at radius 3 is 2.23 bits per heavy atom. The Kier molecular flexibility index (Phi) is 2.14. The summed E-state index contributed by atoms with van der Waals surface area (Å²) in [5, 5.41) is 0. The molecule has 3 heteroatoms. The molecule has 1 aliphatic rings. The van der Waals surface area contributed by atoms with E-state index >= 15 is 0 Å². The van der Waals surface area contributed by atoms with E-state index in [1.165, 1.54) is 0 Å². The Morgan fingerprint density at radius 2 is 1.85 bits per heavy atom. The fourth-order valence-corrected chi connectivity index (χ4v) is 1.17. The van der Waals surface area contributed by atoms with Crippen LogP contribution >= 0.6 is 0 Å². The zero-order chi connectivity index (χ0) is 10.3. The third-order valence-corrected chi connectivity index (χ3v) is 1.87. The number of hydrogen-bond acceptors (Lipinski definition) is 1. The summed E-state index contributed by atoms with van der Waals surface area (Å²) in [6, 6.07) is 0. The number of ketones is 1. The highest BCUT2D eigenvalue weighted by Gasteiger charge is 2.33. The van der Waals surface area contributed by atoms with Crippen LogP contribution in [0.5, 0.6) is 0 Å². The van der Waals surface area contributed by atoms with E-state index in [-0.39, 0.29) is 11.4 Å². The van der Waals surface area contributed by atoms with Crippen molar-refractivity contribution in [2.75, 3.05) is 0 Å². The van der Waals surface area contributed by atoms with E-state index in [0.29, 0.717) is 6.08 Å². The normalized spacial score (nSPS) is 21.6. The van der Waals surface area contributed by atoms with Gasteiger partial charge in [-0.05, 0) is 23.6 Å². The molecule has 13 heavy (non-hydrogen) atoms. The van der Waals surface area contributed by atoms with Gasteiger partial charge in [-0.15, -0.1) is 0 Å². The number of carbonyl (C=O) groups excluding carboxylic acids is 1. The summed E-state index contributed by atoms with van der Waals surface area (Å²) in [4.78, 5) is 11.2. The highest BCUT2D eigenvalue weighted by atomic mass is 19.3. The first kappa shape index (κ1) is 10.1. The van der Waals surface area contributed by atoms with Crippen molar-refractivity contribution in [2.24, 2.45) is 5.41 Å². The van der Waals surface area contributed by atoms with Gasteiger partial charge in [-0.1, -0.05) is 20.8 Å². The Morgan fingerprint density at radius 1 is 1.31 bits per heavy atom. The smallest absolute Gasteiger partial charge is 0.286 e. The van der Waals surface area contributed by atoms with Gasteiger partial charge in [-0.3, -0.25) is 4.79 Å². The van der Waals surface area contributed by atoms with Crippen molar-refractivity contribution in [1.82, 2.24) is 0 Å². The van der Waals surface area contributed by atoms with Crippen molar-refractivity contribution in [3.63, 3.8) is 0 Å². The monoisotopic (exact) mass is 186 g/mol. The van der Waals surface area contributed by atoms with Crippen LogP contribution in [-0.2, 0) is 4.79 Å². The second-order valence-electron chi connectivity index (χ2n) is 4.18. The predicted molar refractivity (Wildman–Crippen MR) is 46.6 cm³/mol. The summed E-state index contributed by atoms with van der Waals surface area (Å²) in [6.45, 7) is 5.23. The van der Waals surface area contributed by atoms with Crippen molar-refractivity contribution in [1.29, 1.82) is 0 Å². The van der Waals surface area contributed by atoms with Crippen LogP contribution in [0.3, 0.4) is 0 Å². The van der Waals surface area contributed by atoms with Gasteiger partial charge in [-0.2, -0.15) is 8.78 Å². The Labute approximate surface area is 76.1 Å². The molecule has 0 spiro atoms. The Bertz CT molecular complexity index is 293. The van der Waals surface area contributed by atoms with Gasteiger partial charge in [0.25, 0.3) is 5.92 Å². The predicted octanol–water partition coefficient (Wildman–Crippen LogP) is 2.73. The standard InChI is InChI=1S/C10H12F2O/c1-9(2,3)7-6-10(11,12)5-4-8(7)13/h4-6H,1-3H3. The minimum absolute atomic E-state index is 0.181. The van der Waals surface area contributed by atoms with Crippen LogP contribution in [0.15, 0.2) is 23.8 Å². The molecule has 0 radical (unpaired) electrons. The maximum atomic E-state index is 12.8. The molecule has 1 nitrogen and oxygen atoms in total. The summed E-state index contributed by atoms with van der Waals surface area (Å²) < 4.78 is 25.7. The summed E-state index contributed by atoms with van der Waals surface area (Å²) in [5.41, 5.74) is -0.342. The van der Waals surface area contributed by atoms with Gasteiger partial charge in [0.15, 0.2) is 5.78 Å². The molecule has 1 rings (SSSR count). The van der Waals surface area contributed by atoms with E-state index in [0.717, 1.165) is 12.2 Å². The van der Waals surface area contributed by atoms with Gasteiger partial charge >= 0.3 is 0 Å². The fourth-order valence-electron chi connectivity index (χ4n) is 1.17. The zero-order valence-corrected chi connectivity index (χ0v) is 7.90. The highest BCUT2D eigenvalue weighted by molar-refractivity contribution is 6.06. The lowest BCUT2D eigenvalue weighted by molar-refractivity contribution is -0.112. The first-order valence-electron chi connectivity index (χ1n) is 4.07. The minimum atomic E-state index is -2.98. The number of rotatable bonds is 0. The number of allylic oxidation sites excluding steroid dienone is 4. The van der Waals surface area contributed by atoms with Gasteiger partial charge in [0, 0.05) is 5.57 Å². The Hall–Kier alpha value is -0.990. The molecule has 0 aromatic carbocycles. The van der Waals surface area contributed by atoms with Crippen molar-refractivity contribution < 1.29 is 13.6 Å². The number of halogens is 2. The lowest BCUT2D eigenvalue weighted by Gasteiger charge is -2.24. The number of hydrogen-bond donors (Lipinski definition) is 0. The van der Waals surface area contributed by atoms with Crippen molar-refractivity contribution in [2.45, 2.75) is 26.7 Å². The molecule has 72 valence electrons. The van der Waals surface area contributed by atoms with Crippen LogP contribution in [0.2, 0.25) is 0 Å². The molecular weight excluding hydrogens is 174 g/mol. The maximum Gasteiger partial charge on any atom is 0.286 e. The van der Waals surface area contributed by atoms with E-state index in [1.54, 1.807) is 20.8 Å². The first-order valence-corrected chi connectivity index (χ1v) is 4.07. The Balaban J connectivity index is 3.10. The van der Waals surface area contributed by atoms with Crippen molar-refractivity contribution in [3.05, 3.63) is 23.8 Å². The van der Waals surface area contributed by atoms with Gasteiger partial charge in [0.1, 0.15) is 0 Å². The van der Waals surface area contributed by atoms with Crippen molar-refractivity contribution >= 4 is 5.78 Å². The van der Waals surface area contributed by atoms with Gasteiger partial charge in [0.05, 0.1) is 0 Å². The van der Waals surface area contributed by atoms with Gasteiger partial charge in [0.2, 0.25) is 0 Å². The first-order chi connectivity index (χ1) is 5.72. The fraction of sp³-hybridized carbons (Fsp3) is 0.500. The van der Waals surface area contributed by atoms with Crippen LogP contribution < -0.4 is 0 Å². The molecule has 0 saturated heterocycles. The van der Waals surface area contributed by atoms with E-state index in [2.05, 4.69) is 0 Å². The SMILES string of the molecule is CC(C)(C)C1=CC(F)(F)C=CC1=O. The molecule has 0 atom stereocenters. The number of alkyl halides is 2. The lowest BCUT2D eigenvalue weighted by atomic mass is 9.81. The molecule has 0 heterocycles. The molecule has 0 aromatic rings. The molecule has 0 aromatic heterocycles. The van der Waals surface area contributed by atoms with Crippen LogP contribution in [0.4, 0.5) is 8.78 Å². The summed E-state index contributed by atoms with van der Waals surface area (Å²) in [7, 11) is 0. The molecule has 0 N–H and O–H groups in total. The molecule has 0 unspecified atom stereocenters. The molecular formula is C10H12F2O. The van der Waals surface area contributed by atoms with E-state index in [4.69, 9.17) is 0 Å². The molecule has 0 bridgehead atoms. The molecule has 0 saturated carbocycles. The molecule has 0 aliphatic heterocycles. The largest absolute Gasteiger partial charge is 0.290 e. The van der Waals surface area contributed by atoms with Gasteiger partial charge in [-0.25, -0.2) is 0 Å². The topological polar surface area (TPSA) is 17.1 Å². The van der Waals surface area contributed by atoms with E-state index in [9.17, 15) is 13.6 Å². The summed E-state index contributed by atoms with van der Waals surface area (Å²) >= 11 is 0. The summed E-state index contributed by atoms with van der Waals surface area (Å²) in [5.74, 6) is -3.30. The second-order valence-corrected chi connectivity index (χ2v) is 4.18. The minimum Gasteiger partial charge on any atom is -0.290 e. The average Bonchev–Trinajstić information content (AvgIpc) is 1.92. The average molecular weight is 186 g/mol. The van der Waals surface area contributed by atoms with Crippen LogP contribution in [0.25, 0.3) is 0 Å². The molecule has 0 amide bonds. The van der Waals surface area contributed by atoms with Crippen LogP contribution in [0, 0.1) is 5.41 Å². The number of carbonyl (C=O) groups is 1.